The predicted octanol–water partition coefficient (Wildman–Crippen LogP) is 4.18. The van der Waals surface area contributed by atoms with Gasteiger partial charge in [-0.15, -0.1) is 0 Å². The number of amides is 1. The molecule has 2 aliphatic carbocycles. The van der Waals surface area contributed by atoms with Crippen LogP contribution in [0.2, 0.25) is 0 Å². The molecule has 0 bridgehead atoms. The van der Waals surface area contributed by atoms with E-state index in [-0.39, 0.29) is 11.3 Å². The Bertz CT molecular complexity index is 911. The molecule has 4 heteroatoms. The first-order valence-electron chi connectivity index (χ1n) is 9.20. The summed E-state index contributed by atoms with van der Waals surface area (Å²) in [6.07, 6.45) is 5.09. The van der Waals surface area contributed by atoms with E-state index in [1.165, 1.54) is 16.5 Å². The number of nitriles is 1. The first kappa shape index (κ1) is 16.2. The van der Waals surface area contributed by atoms with Crippen LogP contribution in [0.4, 0.5) is 0 Å². The minimum atomic E-state index is -0.784. The molecule has 1 atom stereocenters. The van der Waals surface area contributed by atoms with Gasteiger partial charge in [-0.25, -0.2) is 0 Å². The fraction of sp³-hybridized carbons (Fsp3) is 0.524. The van der Waals surface area contributed by atoms with Crippen LogP contribution in [0.1, 0.15) is 54.5 Å². The molecule has 1 heterocycles. The van der Waals surface area contributed by atoms with Gasteiger partial charge in [-0.3, -0.25) is 4.79 Å². The first-order valence-corrected chi connectivity index (χ1v) is 9.20. The fourth-order valence-electron chi connectivity index (χ4n) is 4.90. The number of carbonyl (C=O) groups excluding carboxylic acids is 1. The highest BCUT2D eigenvalue weighted by Gasteiger charge is 2.72. The van der Waals surface area contributed by atoms with Gasteiger partial charge < -0.3 is 10.3 Å². The second-order valence-corrected chi connectivity index (χ2v) is 8.09. The number of nitrogens with zero attached hydrogens (tertiary/aromatic N) is 1. The lowest BCUT2D eigenvalue weighted by atomic mass is 9.91. The highest BCUT2D eigenvalue weighted by molar-refractivity contribution is 5.91. The van der Waals surface area contributed by atoms with E-state index < -0.39 is 5.41 Å². The Morgan fingerprint density at radius 2 is 2.00 bits per heavy atom. The van der Waals surface area contributed by atoms with Gasteiger partial charge in [0.05, 0.1) is 11.6 Å². The molecule has 2 saturated carbocycles. The number of benzene rings is 1. The summed E-state index contributed by atoms with van der Waals surface area (Å²) in [5.74, 6) is -0.0773. The van der Waals surface area contributed by atoms with Crippen LogP contribution in [-0.2, 0) is 11.3 Å². The van der Waals surface area contributed by atoms with Gasteiger partial charge in [0, 0.05) is 23.0 Å². The van der Waals surface area contributed by atoms with Gasteiger partial charge in [0.1, 0.15) is 5.41 Å². The van der Waals surface area contributed by atoms with Gasteiger partial charge in [0.15, 0.2) is 0 Å². The molecule has 0 radical (unpaired) electrons. The van der Waals surface area contributed by atoms with Crippen LogP contribution in [0.5, 0.6) is 0 Å². The van der Waals surface area contributed by atoms with Crippen molar-refractivity contribution >= 4 is 16.8 Å². The van der Waals surface area contributed by atoms with Crippen molar-refractivity contribution in [3.05, 3.63) is 34.5 Å². The predicted molar refractivity (Wildman–Crippen MR) is 97.9 cm³/mol. The summed E-state index contributed by atoms with van der Waals surface area (Å²) in [4.78, 5) is 16.3. The molecular formula is C21H25N3O. The van der Waals surface area contributed by atoms with Crippen molar-refractivity contribution in [1.29, 1.82) is 5.26 Å². The lowest BCUT2D eigenvalue weighted by molar-refractivity contribution is -0.125. The van der Waals surface area contributed by atoms with Crippen LogP contribution >= 0.6 is 0 Å². The number of aromatic amines is 1. The van der Waals surface area contributed by atoms with Gasteiger partial charge in [-0.05, 0) is 57.2 Å². The number of carbonyl (C=O) groups is 1. The monoisotopic (exact) mass is 335 g/mol. The van der Waals surface area contributed by atoms with E-state index in [2.05, 4.69) is 49.3 Å². The van der Waals surface area contributed by atoms with Crippen LogP contribution in [0.15, 0.2) is 12.1 Å². The number of H-pyrrole nitrogens is 1. The van der Waals surface area contributed by atoms with Gasteiger partial charge >= 0.3 is 0 Å². The number of aryl methyl sites for hydroxylation is 3. The summed E-state index contributed by atoms with van der Waals surface area (Å²) in [6.45, 7) is 6.74. The molecule has 1 unspecified atom stereocenters. The molecule has 4 nitrogen and oxygen atoms in total. The lowest BCUT2D eigenvalue weighted by Crippen LogP contribution is -2.34. The molecule has 4 rings (SSSR count). The van der Waals surface area contributed by atoms with Crippen LogP contribution in [0, 0.1) is 42.9 Å². The fourth-order valence-corrected chi connectivity index (χ4v) is 4.90. The summed E-state index contributed by atoms with van der Waals surface area (Å²) in [6, 6.07) is 6.67. The molecule has 1 spiro atoms. The van der Waals surface area contributed by atoms with Crippen LogP contribution in [0.25, 0.3) is 10.9 Å². The van der Waals surface area contributed by atoms with Gasteiger partial charge in [0.25, 0.3) is 0 Å². The minimum absolute atomic E-state index is 0.0344. The maximum atomic E-state index is 12.8. The highest BCUT2D eigenvalue weighted by Crippen LogP contribution is 2.71. The zero-order valence-electron chi connectivity index (χ0n) is 15.3. The Labute approximate surface area is 148 Å². The van der Waals surface area contributed by atoms with Gasteiger partial charge in [-0.2, -0.15) is 5.26 Å². The Morgan fingerprint density at radius 3 is 2.68 bits per heavy atom. The molecule has 2 N–H and O–H groups in total. The van der Waals surface area contributed by atoms with Crippen LogP contribution < -0.4 is 5.32 Å². The van der Waals surface area contributed by atoms with Crippen molar-refractivity contribution < 1.29 is 4.79 Å². The topological polar surface area (TPSA) is 68.7 Å². The molecule has 0 aliphatic heterocycles. The quantitative estimate of drug-likeness (QED) is 0.883. The molecule has 1 aromatic carbocycles. The van der Waals surface area contributed by atoms with Crippen LogP contribution in [-0.4, -0.2) is 10.9 Å². The number of hydrogen-bond donors (Lipinski definition) is 2. The number of hydrogen-bond acceptors (Lipinski definition) is 2. The lowest BCUT2D eigenvalue weighted by Gasteiger charge is -2.15. The van der Waals surface area contributed by atoms with E-state index in [1.54, 1.807) is 0 Å². The molecule has 2 aliphatic rings. The van der Waals surface area contributed by atoms with E-state index in [0.29, 0.717) is 6.54 Å². The van der Waals surface area contributed by atoms with E-state index in [1.807, 2.05) is 0 Å². The summed E-state index contributed by atoms with van der Waals surface area (Å²) in [5.41, 5.74) is 4.97. The Hall–Kier alpha value is -2.28. The summed E-state index contributed by atoms with van der Waals surface area (Å²) in [5, 5.41) is 14.0. The zero-order valence-corrected chi connectivity index (χ0v) is 15.3. The second-order valence-electron chi connectivity index (χ2n) is 8.09. The van der Waals surface area contributed by atoms with Crippen molar-refractivity contribution in [3.63, 3.8) is 0 Å². The summed E-state index contributed by atoms with van der Waals surface area (Å²) < 4.78 is 0. The van der Waals surface area contributed by atoms with Crippen molar-refractivity contribution in [2.75, 3.05) is 0 Å². The maximum Gasteiger partial charge on any atom is 0.241 e. The number of fused-ring (bicyclic) bond motifs is 1. The molecule has 1 aromatic heterocycles. The molecule has 25 heavy (non-hydrogen) atoms. The summed E-state index contributed by atoms with van der Waals surface area (Å²) in [7, 11) is 0. The second kappa shape index (κ2) is 5.36. The number of nitrogens with one attached hydrogen (secondary N) is 2. The van der Waals surface area contributed by atoms with E-state index >= 15 is 0 Å². The third-order valence-electron chi connectivity index (χ3n) is 6.61. The van der Waals surface area contributed by atoms with Gasteiger partial charge in [0.2, 0.25) is 5.91 Å². The third-order valence-corrected chi connectivity index (χ3v) is 6.61. The standard InChI is InChI=1S/C21H25N3O/c1-13-8-16(18-17(9-13)14(2)15(3)24-18)10-23-19(25)21(12-22)11-20(21)6-4-5-7-20/h8-9,24H,4-7,10-11H2,1-3H3,(H,23,25). The Morgan fingerprint density at radius 1 is 1.28 bits per heavy atom. The molecule has 1 amide bonds. The van der Waals surface area contributed by atoms with E-state index in [0.717, 1.165) is 48.9 Å². The summed E-state index contributed by atoms with van der Waals surface area (Å²) >= 11 is 0. The smallest absolute Gasteiger partial charge is 0.241 e. The van der Waals surface area contributed by atoms with Crippen LogP contribution in [0.3, 0.4) is 0 Å². The SMILES string of the molecule is Cc1cc(CNC(=O)C2(C#N)CC23CCCC3)c2[nH]c(C)c(C)c2c1. The number of rotatable bonds is 3. The molecule has 0 saturated heterocycles. The minimum Gasteiger partial charge on any atom is -0.358 e. The zero-order chi connectivity index (χ0) is 17.8. The molecule has 130 valence electrons. The molecule has 2 aromatic rings. The third kappa shape index (κ3) is 2.22. The Kier molecular flexibility index (Phi) is 3.47. The van der Waals surface area contributed by atoms with E-state index in [4.69, 9.17) is 0 Å². The van der Waals surface area contributed by atoms with Gasteiger partial charge in [-0.1, -0.05) is 24.5 Å². The average Bonchev–Trinajstić information content (AvgIpc) is 2.83. The van der Waals surface area contributed by atoms with E-state index in [9.17, 15) is 10.1 Å². The largest absolute Gasteiger partial charge is 0.358 e. The molecular weight excluding hydrogens is 310 g/mol. The van der Waals surface area contributed by atoms with Crippen molar-refractivity contribution in [2.24, 2.45) is 10.8 Å². The number of aromatic nitrogens is 1. The van der Waals surface area contributed by atoms with Crippen molar-refractivity contribution in [2.45, 2.75) is 59.4 Å². The average molecular weight is 335 g/mol. The first-order chi connectivity index (χ1) is 11.9. The normalized spacial score (nSPS) is 23.8. The Balaban J connectivity index is 1.58. The molecule has 2 fully saturated rings. The van der Waals surface area contributed by atoms with Crippen molar-refractivity contribution in [1.82, 2.24) is 10.3 Å². The maximum absolute atomic E-state index is 12.8. The highest BCUT2D eigenvalue weighted by atomic mass is 16.2. The van der Waals surface area contributed by atoms with Crippen molar-refractivity contribution in [3.8, 4) is 6.07 Å².